The molecule has 3 N–H and O–H groups in total. The first-order valence-electron chi connectivity index (χ1n) is 10.8. The predicted octanol–water partition coefficient (Wildman–Crippen LogP) is 4.55. The molecule has 2 aromatic heterocycles. The lowest BCUT2D eigenvalue weighted by molar-refractivity contribution is 0.144. The summed E-state index contributed by atoms with van der Waals surface area (Å²) in [5.74, 6) is 0.962. The lowest BCUT2D eigenvalue weighted by Crippen LogP contribution is -2.50. The molecule has 4 aromatic rings. The SMILES string of the molecule is CNc1nc2oc(-c3ccc(C4(NC(=O)O)CCC4)cc3)c(-c3ccccc3)c2c(=O)n1C. The maximum atomic E-state index is 13.2. The highest BCUT2D eigenvalue weighted by Gasteiger charge is 2.40. The van der Waals surface area contributed by atoms with Gasteiger partial charge in [-0.1, -0.05) is 54.6 Å². The molecular weight excluding hydrogens is 420 g/mol. The normalized spacial score (nSPS) is 14.6. The van der Waals surface area contributed by atoms with Crippen LogP contribution in [0.25, 0.3) is 33.6 Å². The molecule has 0 radical (unpaired) electrons. The third-order valence-corrected chi connectivity index (χ3v) is 6.47. The van der Waals surface area contributed by atoms with Crippen LogP contribution in [-0.2, 0) is 12.6 Å². The van der Waals surface area contributed by atoms with Crippen molar-refractivity contribution in [1.29, 1.82) is 0 Å². The summed E-state index contributed by atoms with van der Waals surface area (Å²) >= 11 is 0. The molecule has 0 saturated heterocycles. The first-order valence-corrected chi connectivity index (χ1v) is 10.8. The monoisotopic (exact) mass is 444 g/mol. The van der Waals surface area contributed by atoms with Crippen LogP contribution in [0.4, 0.5) is 10.7 Å². The fourth-order valence-electron chi connectivity index (χ4n) is 4.60. The zero-order chi connectivity index (χ0) is 23.2. The topological polar surface area (TPSA) is 109 Å². The maximum Gasteiger partial charge on any atom is 0.405 e. The van der Waals surface area contributed by atoms with Crippen molar-refractivity contribution in [2.24, 2.45) is 7.05 Å². The van der Waals surface area contributed by atoms with Crippen molar-refractivity contribution >= 4 is 23.1 Å². The maximum absolute atomic E-state index is 13.2. The number of nitrogens with one attached hydrogen (secondary N) is 2. The highest BCUT2D eigenvalue weighted by atomic mass is 16.4. The van der Waals surface area contributed by atoms with Crippen LogP contribution in [0.15, 0.2) is 63.8 Å². The summed E-state index contributed by atoms with van der Waals surface area (Å²) in [4.78, 5) is 29.1. The number of benzene rings is 2. The van der Waals surface area contributed by atoms with Crippen LogP contribution >= 0.6 is 0 Å². The smallest absolute Gasteiger partial charge is 0.405 e. The number of fused-ring (bicyclic) bond motifs is 1. The third-order valence-electron chi connectivity index (χ3n) is 6.47. The highest BCUT2D eigenvalue weighted by molar-refractivity contribution is 6.00. The molecule has 168 valence electrons. The minimum atomic E-state index is -1.02. The van der Waals surface area contributed by atoms with Crippen LogP contribution in [0.2, 0.25) is 0 Å². The molecule has 0 atom stereocenters. The van der Waals surface area contributed by atoms with Crippen LogP contribution < -0.4 is 16.2 Å². The first-order chi connectivity index (χ1) is 15.9. The van der Waals surface area contributed by atoms with E-state index in [0.29, 0.717) is 22.7 Å². The second-order valence-electron chi connectivity index (χ2n) is 8.35. The summed E-state index contributed by atoms with van der Waals surface area (Å²) in [7, 11) is 3.38. The molecule has 1 aliphatic rings. The molecule has 0 bridgehead atoms. The second-order valence-corrected chi connectivity index (χ2v) is 8.35. The van der Waals surface area contributed by atoms with E-state index in [1.54, 1.807) is 14.1 Å². The molecule has 0 aliphatic heterocycles. The number of carboxylic acid groups (broad SMARTS) is 1. The van der Waals surface area contributed by atoms with E-state index in [9.17, 15) is 14.7 Å². The lowest BCUT2D eigenvalue weighted by Gasteiger charge is -2.42. The fraction of sp³-hybridized carbons (Fsp3) is 0.240. The number of rotatable bonds is 5. The molecule has 1 saturated carbocycles. The van der Waals surface area contributed by atoms with Gasteiger partial charge in [-0.3, -0.25) is 9.36 Å². The van der Waals surface area contributed by atoms with Gasteiger partial charge in [-0.2, -0.15) is 4.98 Å². The van der Waals surface area contributed by atoms with Crippen LogP contribution in [0, 0.1) is 0 Å². The van der Waals surface area contributed by atoms with Crippen molar-refractivity contribution < 1.29 is 14.3 Å². The number of anilines is 1. The van der Waals surface area contributed by atoms with E-state index in [1.165, 1.54) is 4.57 Å². The van der Waals surface area contributed by atoms with Gasteiger partial charge in [0.15, 0.2) is 0 Å². The molecule has 2 aromatic carbocycles. The molecule has 2 heterocycles. The number of hydrogen-bond acceptors (Lipinski definition) is 5. The summed E-state index contributed by atoms with van der Waals surface area (Å²) in [6.07, 6.45) is 1.49. The molecule has 5 rings (SSSR count). The van der Waals surface area contributed by atoms with Crippen LogP contribution in [0.1, 0.15) is 24.8 Å². The van der Waals surface area contributed by atoms with Gasteiger partial charge in [-0.25, -0.2) is 4.79 Å². The Balaban J connectivity index is 1.69. The first kappa shape index (κ1) is 20.8. The van der Waals surface area contributed by atoms with Crippen LogP contribution in [0.3, 0.4) is 0 Å². The third kappa shape index (κ3) is 3.34. The van der Waals surface area contributed by atoms with Crippen LogP contribution in [-0.4, -0.2) is 27.8 Å². The Labute approximate surface area is 189 Å². The van der Waals surface area contributed by atoms with Crippen LogP contribution in [0.5, 0.6) is 0 Å². The molecule has 1 fully saturated rings. The highest BCUT2D eigenvalue weighted by Crippen LogP contribution is 2.43. The van der Waals surface area contributed by atoms with Gasteiger partial charge in [0.1, 0.15) is 11.1 Å². The quantitative estimate of drug-likeness (QED) is 0.417. The molecule has 8 nitrogen and oxygen atoms in total. The van der Waals surface area contributed by atoms with Crippen molar-refractivity contribution in [3.05, 3.63) is 70.5 Å². The Morgan fingerprint density at radius 2 is 1.79 bits per heavy atom. The molecule has 0 unspecified atom stereocenters. The van der Waals surface area contributed by atoms with Gasteiger partial charge in [0, 0.05) is 25.2 Å². The summed E-state index contributed by atoms with van der Waals surface area (Å²) in [5, 5.41) is 15.3. The number of nitrogens with zero attached hydrogens (tertiary/aromatic N) is 2. The average Bonchev–Trinajstić information content (AvgIpc) is 3.19. The zero-order valence-corrected chi connectivity index (χ0v) is 18.4. The fourth-order valence-corrected chi connectivity index (χ4v) is 4.60. The summed E-state index contributed by atoms with van der Waals surface area (Å²) in [6, 6.07) is 17.3. The zero-order valence-electron chi connectivity index (χ0n) is 18.4. The Hall–Kier alpha value is -4.07. The largest absolute Gasteiger partial charge is 0.465 e. The minimum absolute atomic E-state index is 0.200. The molecule has 8 heteroatoms. The number of furan rings is 1. The van der Waals surface area contributed by atoms with E-state index < -0.39 is 11.6 Å². The summed E-state index contributed by atoms with van der Waals surface area (Å²) in [5.41, 5.74) is 2.78. The standard InChI is InChI=1S/C25H24N4O4/c1-26-23-27-21-19(22(30)29(23)2)18(15-7-4-3-5-8-15)20(33-21)16-9-11-17(12-10-16)25(13-6-14-25)28-24(31)32/h3-5,7-12,28H,6,13-14H2,1-2H3,(H,26,27)(H,31,32). The number of carbonyl (C=O) groups is 1. The molecule has 1 amide bonds. The number of hydrogen-bond donors (Lipinski definition) is 3. The molecular formula is C25H24N4O4. The second kappa shape index (κ2) is 7.81. The predicted molar refractivity (Wildman–Crippen MR) is 126 cm³/mol. The van der Waals surface area contributed by atoms with E-state index in [0.717, 1.165) is 36.0 Å². The Bertz CT molecular complexity index is 1400. The van der Waals surface area contributed by atoms with E-state index in [4.69, 9.17) is 4.42 Å². The van der Waals surface area contributed by atoms with Gasteiger partial charge < -0.3 is 20.2 Å². The number of aromatic nitrogens is 2. The lowest BCUT2D eigenvalue weighted by atomic mass is 9.72. The number of amides is 1. The van der Waals surface area contributed by atoms with Gasteiger partial charge in [0.25, 0.3) is 5.56 Å². The van der Waals surface area contributed by atoms with Crippen molar-refractivity contribution in [3.8, 4) is 22.5 Å². The van der Waals surface area contributed by atoms with Gasteiger partial charge in [0.05, 0.1) is 5.54 Å². The van der Waals surface area contributed by atoms with Gasteiger partial charge in [0.2, 0.25) is 11.7 Å². The summed E-state index contributed by atoms with van der Waals surface area (Å²) < 4.78 is 7.64. The molecule has 1 aliphatic carbocycles. The van der Waals surface area contributed by atoms with Gasteiger partial charge in [-0.05, 0) is 30.4 Å². The van der Waals surface area contributed by atoms with E-state index >= 15 is 0 Å². The molecule has 33 heavy (non-hydrogen) atoms. The van der Waals surface area contributed by atoms with E-state index in [2.05, 4.69) is 15.6 Å². The van der Waals surface area contributed by atoms with Crippen molar-refractivity contribution in [2.75, 3.05) is 12.4 Å². The Morgan fingerprint density at radius 3 is 2.36 bits per heavy atom. The summed E-state index contributed by atoms with van der Waals surface area (Å²) in [6.45, 7) is 0. The minimum Gasteiger partial charge on any atom is -0.465 e. The van der Waals surface area contributed by atoms with Gasteiger partial charge in [-0.15, -0.1) is 0 Å². The Kier molecular flexibility index (Phi) is 4.92. The van der Waals surface area contributed by atoms with Crippen molar-refractivity contribution in [3.63, 3.8) is 0 Å². The average molecular weight is 444 g/mol. The van der Waals surface area contributed by atoms with Gasteiger partial charge >= 0.3 is 6.09 Å². The van der Waals surface area contributed by atoms with Crippen molar-refractivity contribution in [1.82, 2.24) is 14.9 Å². The van der Waals surface area contributed by atoms with E-state index in [-0.39, 0.29) is 11.3 Å². The van der Waals surface area contributed by atoms with E-state index in [1.807, 2.05) is 54.6 Å². The molecule has 0 spiro atoms. The van der Waals surface area contributed by atoms with Crippen molar-refractivity contribution in [2.45, 2.75) is 24.8 Å². The Morgan fingerprint density at radius 1 is 1.09 bits per heavy atom.